The van der Waals surface area contributed by atoms with Gasteiger partial charge in [-0.2, -0.15) is 0 Å². The summed E-state index contributed by atoms with van der Waals surface area (Å²) in [4.78, 5) is 18.7. The zero-order chi connectivity index (χ0) is 16.8. The van der Waals surface area contributed by atoms with Gasteiger partial charge in [-0.1, -0.05) is 38.1 Å². The molecule has 0 aliphatic carbocycles. The number of carbonyl (C=O) groups excluding carboxylic acids is 1. The molecule has 0 aliphatic rings. The first-order chi connectivity index (χ1) is 11.0. The highest BCUT2D eigenvalue weighted by molar-refractivity contribution is 5.95. The molecule has 23 heavy (non-hydrogen) atoms. The maximum Gasteiger partial charge on any atom is 0.231 e. The van der Waals surface area contributed by atoms with E-state index in [9.17, 15) is 4.79 Å². The van der Waals surface area contributed by atoms with Gasteiger partial charge in [-0.05, 0) is 49.4 Å². The number of carbonyl (C=O) groups is 1. The molecular formula is C20H26N2O. The van der Waals surface area contributed by atoms with Crippen molar-refractivity contribution in [3.8, 4) is 0 Å². The van der Waals surface area contributed by atoms with Crippen LogP contribution in [0.25, 0.3) is 0 Å². The van der Waals surface area contributed by atoms with Gasteiger partial charge in [-0.25, -0.2) is 0 Å². The average Bonchev–Trinajstić information content (AvgIpc) is 2.49. The fraction of sp³-hybridized carbons (Fsp3) is 0.400. The molecular weight excluding hydrogens is 284 g/mol. The monoisotopic (exact) mass is 310 g/mol. The van der Waals surface area contributed by atoms with Crippen LogP contribution in [0.3, 0.4) is 0 Å². The summed E-state index contributed by atoms with van der Waals surface area (Å²) in [7, 11) is 0. The van der Waals surface area contributed by atoms with E-state index >= 15 is 0 Å². The summed E-state index contributed by atoms with van der Waals surface area (Å²) in [6.07, 6.45) is 4.95. The van der Waals surface area contributed by atoms with Gasteiger partial charge < -0.3 is 4.90 Å². The molecule has 3 heteroatoms. The van der Waals surface area contributed by atoms with Crippen molar-refractivity contribution in [3.63, 3.8) is 0 Å². The maximum atomic E-state index is 12.7. The highest BCUT2D eigenvalue weighted by Gasteiger charge is 2.19. The van der Waals surface area contributed by atoms with Crippen molar-refractivity contribution in [2.24, 2.45) is 5.92 Å². The van der Waals surface area contributed by atoms with Crippen LogP contribution in [0.2, 0.25) is 0 Å². The Morgan fingerprint density at radius 2 is 1.70 bits per heavy atom. The molecule has 0 unspecified atom stereocenters. The molecule has 0 aliphatic heterocycles. The fourth-order valence-corrected chi connectivity index (χ4v) is 2.75. The molecule has 0 atom stereocenters. The van der Waals surface area contributed by atoms with E-state index < -0.39 is 0 Å². The van der Waals surface area contributed by atoms with Crippen LogP contribution in [-0.2, 0) is 17.6 Å². The Morgan fingerprint density at radius 1 is 1.04 bits per heavy atom. The molecule has 0 radical (unpaired) electrons. The number of rotatable bonds is 6. The van der Waals surface area contributed by atoms with Crippen molar-refractivity contribution in [3.05, 3.63) is 59.9 Å². The molecule has 1 amide bonds. The fourth-order valence-electron chi connectivity index (χ4n) is 2.75. The largest absolute Gasteiger partial charge is 0.308 e. The van der Waals surface area contributed by atoms with Crippen LogP contribution >= 0.6 is 0 Å². The number of pyridine rings is 1. The quantitative estimate of drug-likeness (QED) is 0.798. The zero-order valence-electron chi connectivity index (χ0n) is 14.5. The van der Waals surface area contributed by atoms with E-state index in [2.05, 4.69) is 43.1 Å². The second-order valence-corrected chi connectivity index (χ2v) is 6.66. The number of anilines is 1. The van der Waals surface area contributed by atoms with E-state index in [4.69, 9.17) is 0 Å². The Morgan fingerprint density at radius 3 is 2.22 bits per heavy atom. The van der Waals surface area contributed by atoms with Crippen molar-refractivity contribution in [1.82, 2.24) is 4.98 Å². The standard InChI is InChI=1S/C20H26N2O/c1-15(2)12-17-7-9-18(10-8-17)13-20(23)22(16(3)4)19-6-5-11-21-14-19/h5-11,14-16H,12-13H2,1-4H3. The van der Waals surface area contributed by atoms with E-state index in [1.54, 1.807) is 12.4 Å². The summed E-state index contributed by atoms with van der Waals surface area (Å²) in [5.74, 6) is 0.745. The number of benzene rings is 1. The van der Waals surface area contributed by atoms with E-state index in [1.807, 2.05) is 30.9 Å². The number of nitrogens with zero attached hydrogens (tertiary/aromatic N) is 2. The van der Waals surface area contributed by atoms with Gasteiger partial charge in [0.25, 0.3) is 0 Å². The summed E-state index contributed by atoms with van der Waals surface area (Å²) in [5, 5.41) is 0. The summed E-state index contributed by atoms with van der Waals surface area (Å²) in [5.41, 5.74) is 3.23. The molecule has 0 saturated heterocycles. The van der Waals surface area contributed by atoms with Crippen molar-refractivity contribution in [1.29, 1.82) is 0 Å². The van der Waals surface area contributed by atoms with Gasteiger partial charge in [-0.3, -0.25) is 9.78 Å². The summed E-state index contributed by atoms with van der Waals surface area (Å²) in [6, 6.07) is 12.3. The third-order valence-electron chi connectivity index (χ3n) is 3.73. The molecule has 1 heterocycles. The van der Waals surface area contributed by atoms with Crippen LogP contribution in [0.5, 0.6) is 0 Å². The van der Waals surface area contributed by atoms with Crippen LogP contribution in [0.15, 0.2) is 48.8 Å². The lowest BCUT2D eigenvalue weighted by Gasteiger charge is -2.26. The van der Waals surface area contributed by atoms with E-state index in [0.717, 1.165) is 17.7 Å². The Balaban J connectivity index is 2.10. The predicted octanol–water partition coefficient (Wildman–Crippen LogP) is 4.26. The Kier molecular flexibility index (Phi) is 5.91. The van der Waals surface area contributed by atoms with Gasteiger partial charge in [0.05, 0.1) is 18.3 Å². The zero-order valence-corrected chi connectivity index (χ0v) is 14.5. The van der Waals surface area contributed by atoms with Crippen molar-refractivity contribution in [2.75, 3.05) is 4.90 Å². The maximum absolute atomic E-state index is 12.7. The molecule has 1 aromatic heterocycles. The lowest BCUT2D eigenvalue weighted by atomic mass is 10.0. The minimum Gasteiger partial charge on any atom is -0.308 e. The second kappa shape index (κ2) is 7.91. The lowest BCUT2D eigenvalue weighted by molar-refractivity contribution is -0.118. The van der Waals surface area contributed by atoms with Crippen LogP contribution in [0, 0.1) is 5.92 Å². The first kappa shape index (κ1) is 17.2. The number of aromatic nitrogens is 1. The molecule has 0 bridgehead atoms. The third kappa shape index (κ3) is 4.92. The molecule has 2 aromatic rings. The molecule has 0 N–H and O–H groups in total. The molecule has 0 spiro atoms. The lowest BCUT2D eigenvalue weighted by Crippen LogP contribution is -2.38. The van der Waals surface area contributed by atoms with Crippen molar-refractivity contribution < 1.29 is 4.79 Å². The predicted molar refractivity (Wildman–Crippen MR) is 95.5 cm³/mol. The molecule has 0 saturated carbocycles. The van der Waals surface area contributed by atoms with Crippen molar-refractivity contribution in [2.45, 2.75) is 46.6 Å². The normalized spacial score (nSPS) is 11.0. The average molecular weight is 310 g/mol. The number of hydrogen-bond acceptors (Lipinski definition) is 2. The molecule has 0 fully saturated rings. The van der Waals surface area contributed by atoms with E-state index in [0.29, 0.717) is 12.3 Å². The van der Waals surface area contributed by atoms with Crippen LogP contribution in [0.1, 0.15) is 38.8 Å². The topological polar surface area (TPSA) is 33.2 Å². The van der Waals surface area contributed by atoms with Gasteiger partial charge in [0.1, 0.15) is 0 Å². The van der Waals surface area contributed by atoms with Crippen LogP contribution in [-0.4, -0.2) is 16.9 Å². The SMILES string of the molecule is CC(C)Cc1ccc(CC(=O)N(c2cccnc2)C(C)C)cc1. The minimum absolute atomic E-state index is 0.101. The Hall–Kier alpha value is -2.16. The van der Waals surface area contributed by atoms with Crippen LogP contribution in [0.4, 0.5) is 5.69 Å². The second-order valence-electron chi connectivity index (χ2n) is 6.66. The summed E-state index contributed by atoms with van der Waals surface area (Å²) < 4.78 is 0. The summed E-state index contributed by atoms with van der Waals surface area (Å²) >= 11 is 0. The Bertz CT molecular complexity index is 618. The highest BCUT2D eigenvalue weighted by Crippen LogP contribution is 2.18. The smallest absolute Gasteiger partial charge is 0.231 e. The minimum atomic E-state index is 0.101. The van der Waals surface area contributed by atoms with Gasteiger partial charge in [0, 0.05) is 12.2 Å². The summed E-state index contributed by atoms with van der Waals surface area (Å²) in [6.45, 7) is 8.48. The number of hydrogen-bond donors (Lipinski definition) is 0. The number of amides is 1. The third-order valence-corrected chi connectivity index (χ3v) is 3.73. The highest BCUT2D eigenvalue weighted by atomic mass is 16.2. The first-order valence-electron chi connectivity index (χ1n) is 8.27. The van der Waals surface area contributed by atoms with Gasteiger partial charge >= 0.3 is 0 Å². The van der Waals surface area contributed by atoms with Crippen molar-refractivity contribution >= 4 is 11.6 Å². The van der Waals surface area contributed by atoms with E-state index in [1.165, 1.54) is 5.56 Å². The Labute approximate surface area is 139 Å². The first-order valence-corrected chi connectivity index (χ1v) is 8.27. The van der Waals surface area contributed by atoms with Gasteiger partial charge in [-0.15, -0.1) is 0 Å². The molecule has 1 aromatic carbocycles. The van der Waals surface area contributed by atoms with Gasteiger partial charge in [0.15, 0.2) is 0 Å². The molecule has 122 valence electrons. The molecule has 3 nitrogen and oxygen atoms in total. The van der Waals surface area contributed by atoms with E-state index in [-0.39, 0.29) is 11.9 Å². The molecule has 2 rings (SSSR count). The van der Waals surface area contributed by atoms with Crippen LogP contribution < -0.4 is 4.90 Å². The van der Waals surface area contributed by atoms with Gasteiger partial charge in [0.2, 0.25) is 5.91 Å².